The summed E-state index contributed by atoms with van der Waals surface area (Å²) in [6.45, 7) is 0. The fourth-order valence-electron chi connectivity index (χ4n) is 0.292. The lowest BCUT2D eigenvalue weighted by molar-refractivity contribution is 0.111. The molecule has 0 aliphatic carbocycles. The number of rotatable bonds is 1. The first-order valence-corrected chi connectivity index (χ1v) is 1.84. The van der Waals surface area contributed by atoms with Gasteiger partial charge in [-0.3, -0.25) is 14.3 Å². The molecule has 5 nitrogen and oxygen atoms in total. The highest BCUT2D eigenvalue weighted by Gasteiger charge is 1.93. The molecule has 0 fully saturated rings. The van der Waals surface area contributed by atoms with Gasteiger partial charge in [-0.25, -0.2) is 4.79 Å². The molecule has 0 unspecified atom stereocenters. The van der Waals surface area contributed by atoms with Crippen molar-refractivity contribution in [3.8, 4) is 0 Å². The minimum atomic E-state index is -0.716. The highest BCUT2D eigenvalue weighted by molar-refractivity contribution is 5.67. The Morgan fingerprint density at radius 2 is 2.50 bits per heavy atom. The van der Waals surface area contributed by atoms with Crippen molar-refractivity contribution in [2.24, 2.45) is 0 Å². The zero-order valence-corrected chi connectivity index (χ0v) is 3.75. The molecule has 0 bridgehead atoms. The Bertz CT molecular complexity index is 235. The molecule has 0 radical (unpaired) electrons. The number of nitrogens with one attached hydrogen (secondary N) is 1. The van der Waals surface area contributed by atoms with E-state index in [1.807, 2.05) is 4.98 Å². The SMILES string of the molecule is O=Cc1noc(=O)[nH]1. The molecule has 0 atom stereocenters. The van der Waals surface area contributed by atoms with Crippen LogP contribution in [0.15, 0.2) is 9.32 Å². The standard InChI is InChI=1S/C3H2N2O3/c6-1-2-4-3(7)8-5-2/h1H,(H,4,5,7). The fraction of sp³-hybridized carbons (Fsp3) is 0. The van der Waals surface area contributed by atoms with E-state index < -0.39 is 5.76 Å². The van der Waals surface area contributed by atoms with Crippen LogP contribution in [0.4, 0.5) is 0 Å². The highest BCUT2D eigenvalue weighted by atomic mass is 16.5. The smallest absolute Gasteiger partial charge is 0.295 e. The summed E-state index contributed by atoms with van der Waals surface area (Å²) < 4.78 is 3.96. The molecule has 8 heavy (non-hydrogen) atoms. The van der Waals surface area contributed by atoms with E-state index in [1.54, 1.807) is 0 Å². The van der Waals surface area contributed by atoms with Gasteiger partial charge < -0.3 is 0 Å². The maximum absolute atomic E-state index is 10.0. The predicted octanol–water partition coefficient (Wildman–Crippen LogP) is -0.825. The Labute approximate surface area is 43.3 Å². The maximum Gasteiger partial charge on any atom is 0.439 e. The highest BCUT2D eigenvalue weighted by Crippen LogP contribution is 1.71. The number of carbonyl (C=O) groups is 1. The summed E-state index contributed by atoms with van der Waals surface area (Å²) in [5, 5.41) is 3.02. The average Bonchev–Trinajstić information content (AvgIpc) is 2.14. The van der Waals surface area contributed by atoms with Crippen LogP contribution < -0.4 is 5.76 Å². The first-order chi connectivity index (χ1) is 3.83. The second-order valence-electron chi connectivity index (χ2n) is 1.10. The summed E-state index contributed by atoms with van der Waals surface area (Å²) in [5.74, 6) is -0.804. The van der Waals surface area contributed by atoms with Crippen LogP contribution in [0.5, 0.6) is 0 Å². The van der Waals surface area contributed by atoms with Gasteiger partial charge in [0.1, 0.15) is 0 Å². The van der Waals surface area contributed by atoms with Gasteiger partial charge in [-0.1, -0.05) is 5.16 Å². The van der Waals surface area contributed by atoms with Gasteiger partial charge in [0.25, 0.3) is 0 Å². The van der Waals surface area contributed by atoms with E-state index in [-0.39, 0.29) is 5.82 Å². The van der Waals surface area contributed by atoms with Crippen molar-refractivity contribution in [1.29, 1.82) is 0 Å². The molecule has 42 valence electrons. The normalized spacial score (nSPS) is 9.00. The zero-order chi connectivity index (χ0) is 5.98. The number of aromatic nitrogens is 2. The Morgan fingerprint density at radius 3 is 2.75 bits per heavy atom. The third-order valence-corrected chi connectivity index (χ3v) is 0.569. The number of carbonyl (C=O) groups excluding carboxylic acids is 1. The van der Waals surface area contributed by atoms with Crippen molar-refractivity contribution in [3.05, 3.63) is 16.4 Å². The van der Waals surface area contributed by atoms with Gasteiger partial charge in [-0.05, 0) is 0 Å². The number of aromatic amines is 1. The molecule has 1 N–H and O–H groups in total. The number of H-pyrrole nitrogens is 1. The van der Waals surface area contributed by atoms with E-state index in [1.165, 1.54) is 0 Å². The van der Waals surface area contributed by atoms with Crippen molar-refractivity contribution < 1.29 is 9.32 Å². The zero-order valence-electron chi connectivity index (χ0n) is 3.75. The van der Waals surface area contributed by atoms with Crippen LogP contribution in [0.1, 0.15) is 10.6 Å². The van der Waals surface area contributed by atoms with Gasteiger partial charge in [0.15, 0.2) is 6.29 Å². The van der Waals surface area contributed by atoms with Crippen LogP contribution in [0.3, 0.4) is 0 Å². The summed E-state index contributed by atoms with van der Waals surface area (Å²) in [7, 11) is 0. The Morgan fingerprint density at radius 1 is 1.75 bits per heavy atom. The van der Waals surface area contributed by atoms with Crippen LogP contribution in [-0.2, 0) is 0 Å². The van der Waals surface area contributed by atoms with Crippen molar-refractivity contribution >= 4 is 6.29 Å². The van der Waals surface area contributed by atoms with Gasteiger partial charge in [0.2, 0.25) is 5.82 Å². The summed E-state index contributed by atoms with van der Waals surface area (Å²) in [5.41, 5.74) is 0. The third kappa shape index (κ3) is 0.651. The van der Waals surface area contributed by atoms with E-state index in [0.717, 1.165) is 0 Å². The number of aldehydes is 1. The molecule has 0 spiro atoms. The quantitative estimate of drug-likeness (QED) is 0.483. The van der Waals surface area contributed by atoms with E-state index in [2.05, 4.69) is 9.68 Å². The molecule has 0 aromatic carbocycles. The first kappa shape index (κ1) is 4.76. The molecule has 0 saturated heterocycles. The van der Waals surface area contributed by atoms with Gasteiger partial charge in [-0.2, -0.15) is 0 Å². The Balaban J connectivity index is 3.18. The van der Waals surface area contributed by atoms with Crippen LogP contribution in [-0.4, -0.2) is 16.4 Å². The number of hydrogen-bond acceptors (Lipinski definition) is 4. The Kier molecular flexibility index (Phi) is 0.957. The first-order valence-electron chi connectivity index (χ1n) is 1.84. The van der Waals surface area contributed by atoms with Crippen LogP contribution in [0, 0.1) is 0 Å². The lowest BCUT2D eigenvalue weighted by Crippen LogP contribution is -1.95. The molecule has 1 heterocycles. The van der Waals surface area contributed by atoms with Gasteiger partial charge >= 0.3 is 5.76 Å². The number of nitrogens with zero attached hydrogens (tertiary/aromatic N) is 1. The second kappa shape index (κ2) is 1.61. The van der Waals surface area contributed by atoms with Gasteiger partial charge in [-0.15, -0.1) is 0 Å². The molecular weight excluding hydrogens is 112 g/mol. The topological polar surface area (TPSA) is 76.0 Å². The van der Waals surface area contributed by atoms with E-state index in [9.17, 15) is 9.59 Å². The van der Waals surface area contributed by atoms with Gasteiger partial charge in [0, 0.05) is 0 Å². The Hall–Kier alpha value is -1.39. The van der Waals surface area contributed by atoms with Crippen molar-refractivity contribution in [2.45, 2.75) is 0 Å². The molecule has 1 aromatic heterocycles. The monoisotopic (exact) mass is 114 g/mol. The lowest BCUT2D eigenvalue weighted by atomic mass is 10.7. The molecule has 0 saturated carbocycles. The minimum Gasteiger partial charge on any atom is -0.295 e. The fourth-order valence-corrected chi connectivity index (χ4v) is 0.292. The van der Waals surface area contributed by atoms with E-state index in [4.69, 9.17) is 0 Å². The largest absolute Gasteiger partial charge is 0.439 e. The van der Waals surface area contributed by atoms with Gasteiger partial charge in [0.05, 0.1) is 0 Å². The average molecular weight is 114 g/mol. The second-order valence-corrected chi connectivity index (χ2v) is 1.10. The lowest BCUT2D eigenvalue weighted by Gasteiger charge is -1.62. The minimum absolute atomic E-state index is 0.0880. The molecule has 0 amide bonds. The molecule has 5 heteroatoms. The molecule has 0 aliphatic rings. The third-order valence-electron chi connectivity index (χ3n) is 0.569. The van der Waals surface area contributed by atoms with Crippen molar-refractivity contribution in [1.82, 2.24) is 10.1 Å². The predicted molar refractivity (Wildman–Crippen MR) is 22.5 cm³/mol. The molecule has 1 rings (SSSR count). The molecule has 0 aliphatic heterocycles. The van der Waals surface area contributed by atoms with E-state index in [0.29, 0.717) is 6.29 Å². The summed E-state index contributed by atoms with van der Waals surface area (Å²) in [6, 6.07) is 0. The summed E-state index contributed by atoms with van der Waals surface area (Å²) in [6.07, 6.45) is 0.394. The van der Waals surface area contributed by atoms with Crippen LogP contribution in [0.2, 0.25) is 0 Å². The molecular formula is C3H2N2O3. The maximum atomic E-state index is 10.0. The van der Waals surface area contributed by atoms with E-state index >= 15 is 0 Å². The van der Waals surface area contributed by atoms with Crippen LogP contribution >= 0.6 is 0 Å². The number of hydrogen-bond donors (Lipinski definition) is 1. The summed E-state index contributed by atoms with van der Waals surface area (Å²) in [4.78, 5) is 21.8. The van der Waals surface area contributed by atoms with Crippen LogP contribution in [0.25, 0.3) is 0 Å². The van der Waals surface area contributed by atoms with Crippen molar-refractivity contribution in [3.63, 3.8) is 0 Å². The van der Waals surface area contributed by atoms with Crippen molar-refractivity contribution in [2.75, 3.05) is 0 Å². The summed E-state index contributed by atoms with van der Waals surface area (Å²) >= 11 is 0. The molecule has 1 aromatic rings.